The van der Waals surface area contributed by atoms with Crippen molar-refractivity contribution >= 4 is 15.9 Å². The van der Waals surface area contributed by atoms with E-state index < -0.39 is 6.10 Å². The molecule has 0 unspecified atom stereocenters. The summed E-state index contributed by atoms with van der Waals surface area (Å²) in [7, 11) is 0. The average molecular weight is 271 g/mol. The summed E-state index contributed by atoms with van der Waals surface area (Å²) in [6, 6.07) is 5.90. The van der Waals surface area contributed by atoms with Gasteiger partial charge >= 0.3 is 0 Å². The summed E-state index contributed by atoms with van der Waals surface area (Å²) in [4.78, 5) is -0.0840. The van der Waals surface area contributed by atoms with E-state index in [2.05, 4.69) is 15.9 Å². The highest BCUT2D eigenvalue weighted by molar-refractivity contribution is 9.09. The molecule has 0 saturated carbocycles. The maximum Gasteiger partial charge on any atom is 0.126 e. The number of ether oxygens (including phenoxy) is 1. The van der Waals surface area contributed by atoms with E-state index in [1.807, 2.05) is 39.0 Å². The Bertz CT molecular complexity index is 387. The molecule has 0 radical (unpaired) electrons. The van der Waals surface area contributed by atoms with Crippen LogP contribution in [-0.2, 0) is 0 Å². The number of hydrogen-bond donors (Lipinski definition) is 1. The van der Waals surface area contributed by atoms with E-state index in [0.29, 0.717) is 0 Å². The minimum atomic E-state index is -0.511. The van der Waals surface area contributed by atoms with Crippen LogP contribution in [0.3, 0.4) is 0 Å². The van der Waals surface area contributed by atoms with Gasteiger partial charge in [-0.05, 0) is 32.9 Å². The van der Waals surface area contributed by atoms with Gasteiger partial charge in [-0.25, -0.2) is 0 Å². The molecular formula is C12H15BrO2. The van der Waals surface area contributed by atoms with Crippen LogP contribution in [0.5, 0.6) is 5.75 Å². The summed E-state index contributed by atoms with van der Waals surface area (Å²) in [5.41, 5.74) is 1.62. The summed E-state index contributed by atoms with van der Waals surface area (Å²) in [5.74, 6) is 0.786. The summed E-state index contributed by atoms with van der Waals surface area (Å²) in [5, 5.41) is 10.2. The van der Waals surface area contributed by atoms with Gasteiger partial charge < -0.3 is 9.84 Å². The normalized spacial score (nSPS) is 28.1. The summed E-state index contributed by atoms with van der Waals surface area (Å²) in [6.07, 6.45) is -0.511. The van der Waals surface area contributed by atoms with Gasteiger partial charge in [0.1, 0.15) is 11.4 Å². The van der Waals surface area contributed by atoms with Crippen molar-refractivity contribution < 1.29 is 9.84 Å². The van der Waals surface area contributed by atoms with Gasteiger partial charge in [-0.15, -0.1) is 0 Å². The molecule has 15 heavy (non-hydrogen) atoms. The molecule has 0 amide bonds. The quantitative estimate of drug-likeness (QED) is 0.735. The van der Waals surface area contributed by atoms with Gasteiger partial charge in [-0.2, -0.15) is 0 Å². The second-order valence-electron chi connectivity index (χ2n) is 4.59. The Kier molecular flexibility index (Phi) is 2.55. The molecule has 1 aliphatic heterocycles. The average Bonchev–Trinajstić information content (AvgIpc) is 2.16. The Morgan fingerprint density at radius 3 is 2.73 bits per heavy atom. The van der Waals surface area contributed by atoms with E-state index in [-0.39, 0.29) is 10.4 Å². The molecule has 1 heterocycles. The third kappa shape index (κ3) is 1.79. The van der Waals surface area contributed by atoms with Crippen LogP contribution < -0.4 is 4.74 Å². The number of halogens is 1. The van der Waals surface area contributed by atoms with Crippen LogP contribution in [-0.4, -0.2) is 15.5 Å². The molecule has 1 aromatic rings. The van der Waals surface area contributed by atoms with E-state index in [1.54, 1.807) is 0 Å². The smallest absolute Gasteiger partial charge is 0.126 e. The van der Waals surface area contributed by atoms with E-state index in [0.717, 1.165) is 16.9 Å². The van der Waals surface area contributed by atoms with Gasteiger partial charge in [-0.3, -0.25) is 0 Å². The van der Waals surface area contributed by atoms with Gasteiger partial charge in [0.25, 0.3) is 0 Å². The van der Waals surface area contributed by atoms with Crippen molar-refractivity contribution in [1.82, 2.24) is 0 Å². The van der Waals surface area contributed by atoms with Crippen LogP contribution in [0.4, 0.5) is 0 Å². The zero-order valence-corrected chi connectivity index (χ0v) is 10.7. The van der Waals surface area contributed by atoms with Crippen molar-refractivity contribution in [2.24, 2.45) is 0 Å². The van der Waals surface area contributed by atoms with Gasteiger partial charge in [0.05, 0.1) is 10.9 Å². The fourth-order valence-corrected chi connectivity index (χ4v) is 2.25. The van der Waals surface area contributed by atoms with Gasteiger partial charge in [0.15, 0.2) is 0 Å². The lowest BCUT2D eigenvalue weighted by Gasteiger charge is -2.40. The summed E-state index contributed by atoms with van der Waals surface area (Å²) >= 11 is 3.49. The van der Waals surface area contributed by atoms with Gasteiger partial charge in [0.2, 0.25) is 0 Å². The third-order valence-electron chi connectivity index (χ3n) is 2.80. The number of fused-ring (bicyclic) bond motifs is 1. The van der Waals surface area contributed by atoms with Crippen LogP contribution in [0.25, 0.3) is 0 Å². The van der Waals surface area contributed by atoms with Gasteiger partial charge in [-0.1, -0.05) is 27.6 Å². The van der Waals surface area contributed by atoms with Crippen molar-refractivity contribution in [3.8, 4) is 5.75 Å². The predicted octanol–water partition coefficient (Wildman–Crippen LogP) is 2.96. The molecule has 1 aliphatic rings. The van der Waals surface area contributed by atoms with Crippen LogP contribution in [0.1, 0.15) is 31.1 Å². The Hall–Kier alpha value is -0.540. The second-order valence-corrected chi connectivity index (χ2v) is 5.58. The molecule has 0 fully saturated rings. The Balaban J connectivity index is 2.50. The number of benzene rings is 1. The van der Waals surface area contributed by atoms with Crippen molar-refractivity contribution in [2.45, 2.75) is 37.3 Å². The number of aryl methyl sites for hydroxylation is 1. The highest BCUT2D eigenvalue weighted by atomic mass is 79.9. The minimum Gasteiger partial charge on any atom is -0.486 e. The van der Waals surface area contributed by atoms with E-state index >= 15 is 0 Å². The fraction of sp³-hybridized carbons (Fsp3) is 0.500. The number of alkyl halides is 1. The molecule has 3 heteroatoms. The maximum atomic E-state index is 10.2. The number of aliphatic hydroxyl groups excluding tert-OH is 1. The Labute approximate surface area is 98.4 Å². The number of hydrogen-bond acceptors (Lipinski definition) is 2. The molecule has 2 atom stereocenters. The fourth-order valence-electron chi connectivity index (χ4n) is 1.87. The topological polar surface area (TPSA) is 29.5 Å². The molecule has 1 N–H and O–H groups in total. The zero-order chi connectivity index (χ0) is 11.2. The molecule has 0 aliphatic carbocycles. The standard InChI is InChI=1S/C12H15BrO2/c1-7-4-5-9-8(6-7)10(14)11(13)12(2,3)15-9/h4-6,10-11,14H,1-3H3/t10-,11+/m1/s1. The molecule has 0 bridgehead atoms. The predicted molar refractivity (Wildman–Crippen MR) is 63.6 cm³/mol. The van der Waals surface area contributed by atoms with Crippen molar-refractivity contribution in [2.75, 3.05) is 0 Å². The molecule has 2 rings (SSSR count). The third-order valence-corrected chi connectivity index (χ3v) is 4.40. The van der Waals surface area contributed by atoms with Crippen molar-refractivity contribution in [3.05, 3.63) is 29.3 Å². The summed E-state index contributed by atoms with van der Waals surface area (Å²) < 4.78 is 5.85. The molecule has 0 spiro atoms. The SMILES string of the molecule is Cc1ccc2c(c1)[C@@H](O)[C@H](Br)C(C)(C)O2. The first kappa shape index (κ1) is 11.0. The lowest BCUT2D eigenvalue weighted by atomic mass is 9.91. The number of aliphatic hydroxyl groups is 1. The highest BCUT2D eigenvalue weighted by Gasteiger charge is 2.41. The molecular weight excluding hydrogens is 256 g/mol. The molecule has 0 saturated heterocycles. The Morgan fingerprint density at radius 2 is 2.07 bits per heavy atom. The largest absolute Gasteiger partial charge is 0.486 e. The van der Waals surface area contributed by atoms with Crippen LogP contribution >= 0.6 is 15.9 Å². The lowest BCUT2D eigenvalue weighted by molar-refractivity contribution is 0.0225. The first-order valence-corrected chi connectivity index (χ1v) is 5.95. The van der Waals surface area contributed by atoms with Crippen LogP contribution in [0.15, 0.2) is 18.2 Å². The van der Waals surface area contributed by atoms with Crippen molar-refractivity contribution in [1.29, 1.82) is 0 Å². The first-order chi connectivity index (χ1) is 6.92. The van der Waals surface area contributed by atoms with Crippen molar-refractivity contribution in [3.63, 3.8) is 0 Å². The van der Waals surface area contributed by atoms with E-state index in [9.17, 15) is 5.11 Å². The molecule has 2 nitrogen and oxygen atoms in total. The maximum absolute atomic E-state index is 10.2. The Morgan fingerprint density at radius 1 is 1.40 bits per heavy atom. The van der Waals surface area contributed by atoms with Crippen LogP contribution in [0.2, 0.25) is 0 Å². The zero-order valence-electron chi connectivity index (χ0n) is 9.12. The monoisotopic (exact) mass is 270 g/mol. The van der Waals surface area contributed by atoms with E-state index in [1.165, 1.54) is 0 Å². The molecule has 82 valence electrons. The van der Waals surface area contributed by atoms with Crippen LogP contribution in [0, 0.1) is 6.92 Å². The highest BCUT2D eigenvalue weighted by Crippen LogP contribution is 2.43. The lowest BCUT2D eigenvalue weighted by Crippen LogP contribution is -2.45. The molecule has 0 aromatic heterocycles. The van der Waals surface area contributed by atoms with Gasteiger partial charge in [0, 0.05) is 5.56 Å². The number of rotatable bonds is 0. The second kappa shape index (κ2) is 3.49. The van der Waals surface area contributed by atoms with E-state index in [4.69, 9.17) is 4.74 Å². The first-order valence-electron chi connectivity index (χ1n) is 5.03. The minimum absolute atomic E-state index is 0.0840. The molecule has 1 aromatic carbocycles. The summed E-state index contributed by atoms with van der Waals surface area (Å²) in [6.45, 7) is 5.95.